The second-order valence-corrected chi connectivity index (χ2v) is 6.61. The summed E-state index contributed by atoms with van der Waals surface area (Å²) in [5.74, 6) is -0.520. The zero-order valence-corrected chi connectivity index (χ0v) is 15.4. The van der Waals surface area contributed by atoms with Crippen molar-refractivity contribution in [3.05, 3.63) is 66.5 Å². The molecule has 0 saturated carbocycles. The number of esters is 1. The van der Waals surface area contributed by atoms with Gasteiger partial charge in [0.15, 0.2) is 18.5 Å². The molecule has 1 heterocycles. The molecule has 0 aliphatic carbocycles. The molecule has 1 aromatic heterocycles. The molecule has 0 aliphatic rings. The standard InChI is InChI=1S/C22H30NO3/c24-21(19-20-13-7-5-8-14-20)22(25)26-18-12-4-2-1-3-9-15-23-16-10-6-11-17-23/h5-8,10-11,13-14,16-17,21,24H,1-4,9,12,15,18-19H2/q+1/t21-/m0/s1. The summed E-state index contributed by atoms with van der Waals surface area (Å²) in [7, 11) is 0. The first-order valence-electron chi connectivity index (χ1n) is 9.58. The molecule has 1 N–H and O–H groups in total. The summed E-state index contributed by atoms with van der Waals surface area (Å²) in [4.78, 5) is 11.8. The number of hydrogen-bond donors (Lipinski definition) is 1. The second kappa shape index (κ2) is 12.2. The number of carbonyl (C=O) groups is 1. The number of aliphatic hydroxyl groups is 1. The number of carbonyl (C=O) groups excluding carboxylic acids is 1. The van der Waals surface area contributed by atoms with Crippen molar-refractivity contribution in [2.75, 3.05) is 6.61 Å². The highest BCUT2D eigenvalue weighted by molar-refractivity contribution is 5.74. The number of pyridine rings is 1. The SMILES string of the molecule is O=C(OCCCCCCCC[n+]1ccccc1)[C@@H](O)Cc1ccccc1. The molecule has 4 nitrogen and oxygen atoms in total. The van der Waals surface area contributed by atoms with Crippen molar-refractivity contribution in [3.63, 3.8) is 0 Å². The maximum atomic E-state index is 11.8. The molecule has 1 aromatic carbocycles. The van der Waals surface area contributed by atoms with Gasteiger partial charge in [-0.05, 0) is 18.4 Å². The summed E-state index contributed by atoms with van der Waals surface area (Å²) in [6.45, 7) is 1.46. The minimum atomic E-state index is -1.08. The summed E-state index contributed by atoms with van der Waals surface area (Å²) < 4.78 is 7.38. The first-order valence-corrected chi connectivity index (χ1v) is 9.58. The fourth-order valence-corrected chi connectivity index (χ4v) is 2.88. The van der Waals surface area contributed by atoms with E-state index >= 15 is 0 Å². The highest BCUT2D eigenvalue weighted by atomic mass is 16.5. The van der Waals surface area contributed by atoms with Crippen molar-refractivity contribution < 1.29 is 19.2 Å². The van der Waals surface area contributed by atoms with Crippen LogP contribution in [0.5, 0.6) is 0 Å². The third-order valence-corrected chi connectivity index (χ3v) is 4.38. The molecule has 4 heteroatoms. The predicted octanol–water partition coefficient (Wildman–Crippen LogP) is 3.46. The number of benzene rings is 1. The van der Waals surface area contributed by atoms with Crippen LogP contribution in [0.2, 0.25) is 0 Å². The third-order valence-electron chi connectivity index (χ3n) is 4.38. The summed E-state index contributed by atoms with van der Waals surface area (Å²) in [6, 6.07) is 15.6. The summed E-state index contributed by atoms with van der Waals surface area (Å²) >= 11 is 0. The average molecular weight is 356 g/mol. The van der Waals surface area contributed by atoms with E-state index in [-0.39, 0.29) is 0 Å². The third kappa shape index (κ3) is 8.26. The van der Waals surface area contributed by atoms with Crippen molar-refractivity contribution in [1.29, 1.82) is 0 Å². The Balaban J connectivity index is 1.44. The highest BCUT2D eigenvalue weighted by Gasteiger charge is 2.16. The van der Waals surface area contributed by atoms with Crippen molar-refractivity contribution in [2.45, 2.75) is 57.6 Å². The van der Waals surface area contributed by atoms with Crippen LogP contribution in [0, 0.1) is 0 Å². The van der Waals surface area contributed by atoms with Crippen molar-refractivity contribution in [1.82, 2.24) is 0 Å². The Morgan fingerprint density at radius 2 is 1.50 bits per heavy atom. The largest absolute Gasteiger partial charge is 0.464 e. The molecule has 0 aliphatic heterocycles. The summed E-state index contributed by atoms with van der Waals surface area (Å²) in [5.41, 5.74) is 0.936. The number of aryl methyl sites for hydroxylation is 1. The molecule has 0 spiro atoms. The molecule has 140 valence electrons. The lowest BCUT2D eigenvalue weighted by Crippen LogP contribution is -2.32. The molecule has 1 atom stereocenters. The Kier molecular flexibility index (Phi) is 9.44. The molecule has 0 unspecified atom stereocenters. The van der Waals surface area contributed by atoms with Gasteiger partial charge in [0.2, 0.25) is 0 Å². The van der Waals surface area contributed by atoms with E-state index < -0.39 is 12.1 Å². The lowest BCUT2D eigenvalue weighted by atomic mass is 10.1. The number of aliphatic hydroxyl groups excluding tert-OH is 1. The molecule has 2 rings (SSSR count). The lowest BCUT2D eigenvalue weighted by Gasteiger charge is -2.10. The molecular formula is C22H30NO3+. The van der Waals surface area contributed by atoms with E-state index in [4.69, 9.17) is 4.74 Å². The minimum absolute atomic E-state index is 0.305. The highest BCUT2D eigenvalue weighted by Crippen LogP contribution is 2.07. The molecule has 0 amide bonds. The summed E-state index contributed by atoms with van der Waals surface area (Å²) in [5, 5.41) is 9.89. The maximum Gasteiger partial charge on any atom is 0.335 e. The van der Waals surface area contributed by atoms with Crippen LogP contribution in [0.15, 0.2) is 60.9 Å². The van der Waals surface area contributed by atoms with Gasteiger partial charge in [0.1, 0.15) is 6.54 Å². The van der Waals surface area contributed by atoms with Crippen LogP contribution in [0.4, 0.5) is 0 Å². The van der Waals surface area contributed by atoms with E-state index in [1.807, 2.05) is 36.4 Å². The number of hydrogen-bond acceptors (Lipinski definition) is 3. The van der Waals surface area contributed by atoms with Crippen LogP contribution in [-0.4, -0.2) is 23.8 Å². The van der Waals surface area contributed by atoms with Crippen LogP contribution >= 0.6 is 0 Å². The van der Waals surface area contributed by atoms with E-state index in [0.717, 1.165) is 31.4 Å². The van der Waals surface area contributed by atoms with Gasteiger partial charge in [0, 0.05) is 25.0 Å². The molecular weight excluding hydrogens is 326 g/mol. The number of ether oxygens (including phenoxy) is 1. The normalized spacial score (nSPS) is 11.9. The Morgan fingerprint density at radius 3 is 2.23 bits per heavy atom. The average Bonchev–Trinajstić information content (AvgIpc) is 2.68. The molecule has 0 bridgehead atoms. The Bertz CT molecular complexity index is 616. The molecule has 0 saturated heterocycles. The van der Waals surface area contributed by atoms with E-state index in [2.05, 4.69) is 29.1 Å². The van der Waals surface area contributed by atoms with Crippen LogP contribution in [-0.2, 0) is 22.5 Å². The zero-order chi connectivity index (χ0) is 18.5. The van der Waals surface area contributed by atoms with Gasteiger partial charge in [-0.25, -0.2) is 9.36 Å². The Morgan fingerprint density at radius 1 is 0.885 bits per heavy atom. The van der Waals surface area contributed by atoms with E-state index in [0.29, 0.717) is 13.0 Å². The Hall–Kier alpha value is -2.20. The van der Waals surface area contributed by atoms with Gasteiger partial charge in [-0.1, -0.05) is 55.7 Å². The predicted molar refractivity (Wildman–Crippen MR) is 101 cm³/mol. The first-order chi connectivity index (χ1) is 12.8. The van der Waals surface area contributed by atoms with Crippen molar-refractivity contribution in [2.24, 2.45) is 0 Å². The fraction of sp³-hybridized carbons (Fsp3) is 0.455. The fourth-order valence-electron chi connectivity index (χ4n) is 2.88. The van der Waals surface area contributed by atoms with E-state index in [1.165, 1.54) is 19.3 Å². The Labute approximate surface area is 156 Å². The van der Waals surface area contributed by atoms with Crippen LogP contribution in [0.25, 0.3) is 0 Å². The number of nitrogens with zero attached hydrogens (tertiary/aromatic N) is 1. The van der Waals surface area contributed by atoms with Gasteiger partial charge in [0.05, 0.1) is 6.61 Å². The molecule has 2 aromatic rings. The van der Waals surface area contributed by atoms with Gasteiger partial charge < -0.3 is 9.84 Å². The van der Waals surface area contributed by atoms with Gasteiger partial charge in [-0.2, -0.15) is 0 Å². The first kappa shape index (κ1) is 20.1. The minimum Gasteiger partial charge on any atom is -0.464 e. The number of rotatable bonds is 12. The molecule has 0 radical (unpaired) electrons. The monoisotopic (exact) mass is 356 g/mol. The quantitative estimate of drug-likeness (QED) is 0.360. The van der Waals surface area contributed by atoms with Crippen LogP contribution < -0.4 is 4.57 Å². The van der Waals surface area contributed by atoms with E-state index in [9.17, 15) is 9.90 Å². The zero-order valence-electron chi connectivity index (χ0n) is 15.4. The molecule has 26 heavy (non-hydrogen) atoms. The maximum absolute atomic E-state index is 11.8. The van der Waals surface area contributed by atoms with Gasteiger partial charge in [-0.15, -0.1) is 0 Å². The van der Waals surface area contributed by atoms with Crippen LogP contribution in [0.3, 0.4) is 0 Å². The van der Waals surface area contributed by atoms with Gasteiger partial charge >= 0.3 is 5.97 Å². The van der Waals surface area contributed by atoms with Gasteiger partial charge in [0.25, 0.3) is 0 Å². The molecule has 0 fully saturated rings. The van der Waals surface area contributed by atoms with Crippen molar-refractivity contribution >= 4 is 5.97 Å². The van der Waals surface area contributed by atoms with E-state index in [1.54, 1.807) is 0 Å². The summed E-state index contributed by atoms with van der Waals surface area (Å²) in [6.07, 6.45) is 10.1. The lowest BCUT2D eigenvalue weighted by molar-refractivity contribution is -0.697. The number of aromatic nitrogens is 1. The topological polar surface area (TPSA) is 50.4 Å². The van der Waals surface area contributed by atoms with Crippen LogP contribution in [0.1, 0.15) is 44.1 Å². The number of unbranched alkanes of at least 4 members (excludes halogenated alkanes) is 5. The van der Waals surface area contributed by atoms with Crippen molar-refractivity contribution in [3.8, 4) is 0 Å². The van der Waals surface area contributed by atoms with Gasteiger partial charge in [-0.3, -0.25) is 0 Å². The second-order valence-electron chi connectivity index (χ2n) is 6.61. The smallest absolute Gasteiger partial charge is 0.335 e.